The summed E-state index contributed by atoms with van der Waals surface area (Å²) in [5, 5.41) is 8.05. The molecule has 3 rings (SSSR count). The van der Waals surface area contributed by atoms with Crippen molar-refractivity contribution in [3.05, 3.63) is 89.0 Å². The van der Waals surface area contributed by atoms with Gasteiger partial charge in [-0.2, -0.15) is 0 Å². The average molecular weight is 321 g/mol. The second kappa shape index (κ2) is 7.00. The number of aromatic nitrogens is 3. The highest BCUT2D eigenvalue weighted by atomic mass is 19.1. The zero-order valence-corrected chi connectivity index (χ0v) is 13.2. The first kappa shape index (κ1) is 15.8. The van der Waals surface area contributed by atoms with E-state index in [-0.39, 0.29) is 11.6 Å². The van der Waals surface area contributed by atoms with Crippen LogP contribution in [0.25, 0.3) is 6.08 Å². The maximum absolute atomic E-state index is 12.9. The van der Waals surface area contributed by atoms with Crippen LogP contribution in [0.4, 0.5) is 4.39 Å². The van der Waals surface area contributed by atoms with Crippen LogP contribution in [0, 0.1) is 12.7 Å². The van der Waals surface area contributed by atoms with Crippen molar-refractivity contribution >= 4 is 11.9 Å². The van der Waals surface area contributed by atoms with Crippen molar-refractivity contribution in [1.82, 2.24) is 15.0 Å². The van der Waals surface area contributed by atoms with E-state index in [1.807, 2.05) is 37.3 Å². The summed E-state index contributed by atoms with van der Waals surface area (Å²) in [7, 11) is 0. The van der Waals surface area contributed by atoms with Crippen LogP contribution in [0.1, 0.15) is 27.3 Å². The van der Waals surface area contributed by atoms with Gasteiger partial charge in [-0.15, -0.1) is 5.10 Å². The SMILES string of the molecule is Cc1c(C(=O)C=Cc2ccc(F)cc2)nnn1Cc1ccccc1. The minimum Gasteiger partial charge on any atom is -0.287 e. The number of allylic oxidation sites excluding steroid dienone is 1. The van der Waals surface area contributed by atoms with Gasteiger partial charge in [0.25, 0.3) is 0 Å². The fourth-order valence-corrected chi connectivity index (χ4v) is 2.32. The third-order valence-electron chi connectivity index (χ3n) is 3.69. The molecule has 3 aromatic rings. The van der Waals surface area contributed by atoms with Crippen LogP contribution in [-0.4, -0.2) is 20.8 Å². The summed E-state index contributed by atoms with van der Waals surface area (Å²) in [6.45, 7) is 2.39. The lowest BCUT2D eigenvalue weighted by atomic mass is 10.1. The number of ketones is 1. The highest BCUT2D eigenvalue weighted by Gasteiger charge is 2.14. The molecular weight excluding hydrogens is 305 g/mol. The number of carbonyl (C=O) groups excluding carboxylic acids is 1. The Morgan fingerprint density at radius 2 is 1.83 bits per heavy atom. The van der Waals surface area contributed by atoms with Gasteiger partial charge in [0.1, 0.15) is 5.82 Å². The van der Waals surface area contributed by atoms with Gasteiger partial charge in [-0.25, -0.2) is 9.07 Å². The Morgan fingerprint density at radius 3 is 2.54 bits per heavy atom. The van der Waals surface area contributed by atoms with Crippen LogP contribution in [0.5, 0.6) is 0 Å². The van der Waals surface area contributed by atoms with Crippen molar-refractivity contribution in [3.63, 3.8) is 0 Å². The molecule has 0 bridgehead atoms. The molecule has 0 N–H and O–H groups in total. The first-order chi connectivity index (χ1) is 11.6. The summed E-state index contributed by atoms with van der Waals surface area (Å²) in [5.74, 6) is -0.533. The van der Waals surface area contributed by atoms with E-state index in [0.717, 1.165) is 11.1 Å². The largest absolute Gasteiger partial charge is 0.287 e. The quantitative estimate of drug-likeness (QED) is 0.532. The summed E-state index contributed by atoms with van der Waals surface area (Å²) in [4.78, 5) is 12.3. The van der Waals surface area contributed by atoms with Gasteiger partial charge in [0.2, 0.25) is 5.78 Å². The highest BCUT2D eigenvalue weighted by Crippen LogP contribution is 2.11. The Hall–Kier alpha value is -3.08. The van der Waals surface area contributed by atoms with Gasteiger partial charge in [-0.05, 0) is 36.3 Å². The molecule has 1 heterocycles. The Balaban J connectivity index is 1.75. The van der Waals surface area contributed by atoms with Gasteiger partial charge in [0.05, 0.1) is 12.2 Å². The maximum Gasteiger partial charge on any atom is 0.208 e. The molecule has 2 aromatic carbocycles. The molecule has 120 valence electrons. The van der Waals surface area contributed by atoms with Crippen molar-refractivity contribution in [2.45, 2.75) is 13.5 Å². The first-order valence-electron chi connectivity index (χ1n) is 7.55. The van der Waals surface area contributed by atoms with E-state index in [9.17, 15) is 9.18 Å². The topological polar surface area (TPSA) is 47.8 Å². The minimum atomic E-state index is -0.307. The van der Waals surface area contributed by atoms with E-state index in [1.54, 1.807) is 22.9 Å². The Bertz CT molecular complexity index is 867. The Kier molecular flexibility index (Phi) is 4.61. The molecule has 0 aliphatic rings. The summed E-state index contributed by atoms with van der Waals surface area (Å²) >= 11 is 0. The number of benzene rings is 2. The molecular formula is C19H16FN3O. The van der Waals surface area contributed by atoms with Crippen LogP contribution < -0.4 is 0 Å². The second-order valence-electron chi connectivity index (χ2n) is 5.42. The zero-order chi connectivity index (χ0) is 16.9. The molecule has 0 fully saturated rings. The lowest BCUT2D eigenvalue weighted by Crippen LogP contribution is -2.05. The summed E-state index contributed by atoms with van der Waals surface area (Å²) in [5.41, 5.74) is 2.88. The second-order valence-corrected chi connectivity index (χ2v) is 5.42. The molecule has 0 radical (unpaired) electrons. The molecule has 24 heavy (non-hydrogen) atoms. The van der Waals surface area contributed by atoms with E-state index < -0.39 is 0 Å². The standard InChI is InChI=1S/C19H16FN3O/c1-14-19(18(24)12-9-15-7-10-17(20)11-8-15)21-22-23(14)13-16-5-3-2-4-6-16/h2-12H,13H2,1H3. The van der Waals surface area contributed by atoms with Crippen molar-refractivity contribution < 1.29 is 9.18 Å². The number of rotatable bonds is 5. The molecule has 0 saturated carbocycles. The molecule has 0 saturated heterocycles. The molecule has 0 aliphatic heterocycles. The van der Waals surface area contributed by atoms with Crippen LogP contribution in [0.15, 0.2) is 60.7 Å². The third-order valence-corrected chi connectivity index (χ3v) is 3.69. The maximum atomic E-state index is 12.9. The predicted molar refractivity (Wildman–Crippen MR) is 90.1 cm³/mol. The van der Waals surface area contributed by atoms with Crippen LogP contribution in [-0.2, 0) is 6.54 Å². The fourth-order valence-electron chi connectivity index (χ4n) is 2.32. The van der Waals surface area contributed by atoms with E-state index in [2.05, 4.69) is 10.3 Å². The lowest BCUT2D eigenvalue weighted by molar-refractivity contribution is 0.104. The molecule has 1 aromatic heterocycles. The monoisotopic (exact) mass is 321 g/mol. The molecule has 4 nitrogen and oxygen atoms in total. The summed E-state index contributed by atoms with van der Waals surface area (Å²) < 4.78 is 14.6. The lowest BCUT2D eigenvalue weighted by Gasteiger charge is -2.03. The van der Waals surface area contributed by atoms with E-state index >= 15 is 0 Å². The number of halogens is 1. The number of carbonyl (C=O) groups is 1. The molecule has 5 heteroatoms. The van der Waals surface area contributed by atoms with Crippen LogP contribution in [0.3, 0.4) is 0 Å². The van der Waals surface area contributed by atoms with Crippen LogP contribution >= 0.6 is 0 Å². The molecule has 0 aliphatic carbocycles. The normalized spacial score (nSPS) is 11.1. The number of hydrogen-bond donors (Lipinski definition) is 0. The van der Waals surface area contributed by atoms with Crippen molar-refractivity contribution in [2.24, 2.45) is 0 Å². The van der Waals surface area contributed by atoms with Gasteiger partial charge in [0.15, 0.2) is 5.69 Å². The summed E-state index contributed by atoms with van der Waals surface area (Å²) in [6.07, 6.45) is 3.06. The highest BCUT2D eigenvalue weighted by molar-refractivity contribution is 6.06. The van der Waals surface area contributed by atoms with E-state index in [1.165, 1.54) is 18.2 Å². The molecule has 0 atom stereocenters. The van der Waals surface area contributed by atoms with Gasteiger partial charge in [0, 0.05) is 0 Å². The Morgan fingerprint density at radius 1 is 1.12 bits per heavy atom. The van der Waals surface area contributed by atoms with Gasteiger partial charge < -0.3 is 0 Å². The first-order valence-corrected chi connectivity index (χ1v) is 7.55. The van der Waals surface area contributed by atoms with Crippen LogP contribution in [0.2, 0.25) is 0 Å². The third kappa shape index (κ3) is 3.63. The van der Waals surface area contributed by atoms with Gasteiger partial charge in [-0.1, -0.05) is 53.8 Å². The van der Waals surface area contributed by atoms with Crippen molar-refractivity contribution in [3.8, 4) is 0 Å². The van der Waals surface area contributed by atoms with E-state index in [4.69, 9.17) is 0 Å². The average Bonchev–Trinajstić information content (AvgIpc) is 2.96. The minimum absolute atomic E-state index is 0.226. The van der Waals surface area contributed by atoms with Crippen molar-refractivity contribution in [2.75, 3.05) is 0 Å². The van der Waals surface area contributed by atoms with Crippen molar-refractivity contribution in [1.29, 1.82) is 0 Å². The van der Waals surface area contributed by atoms with Gasteiger partial charge >= 0.3 is 0 Å². The fraction of sp³-hybridized carbons (Fsp3) is 0.105. The van der Waals surface area contributed by atoms with E-state index in [0.29, 0.717) is 17.9 Å². The summed E-state index contributed by atoms with van der Waals surface area (Å²) in [6, 6.07) is 15.8. The predicted octanol–water partition coefficient (Wildman–Crippen LogP) is 3.67. The molecule has 0 amide bonds. The molecule has 0 spiro atoms. The number of hydrogen-bond acceptors (Lipinski definition) is 3. The zero-order valence-electron chi connectivity index (χ0n) is 13.2. The number of nitrogens with zero attached hydrogens (tertiary/aromatic N) is 3. The van der Waals surface area contributed by atoms with Gasteiger partial charge in [-0.3, -0.25) is 4.79 Å². The molecule has 0 unspecified atom stereocenters. The smallest absolute Gasteiger partial charge is 0.208 e. The Labute approximate surface area is 139 Å².